The number of hydrogen-bond acceptors (Lipinski definition) is 5. The average Bonchev–Trinajstić information content (AvgIpc) is 2.99. The second kappa shape index (κ2) is 6.98. The Labute approximate surface area is 124 Å². The molecule has 0 bridgehead atoms. The number of thiophene rings is 1. The molecule has 2 aromatic heterocycles. The number of carbonyl (C=O) groups is 1. The van der Waals surface area contributed by atoms with E-state index in [-0.39, 0.29) is 5.91 Å². The summed E-state index contributed by atoms with van der Waals surface area (Å²) in [4.78, 5) is 12.4. The third kappa shape index (κ3) is 3.99. The topological polar surface area (TPSA) is 54.9 Å². The number of carbonyl (C=O) groups excluding carboxylic acids is 1. The standard InChI is InChI=1S/C12H14ClN3OS2/c1-2-3-4-5-9-15-16-12(19-9)14-11(17)10-8(13)6-7-18-10/h6-7H,2-5H2,1H3,(H,14,16,17). The molecule has 2 heterocycles. The van der Waals surface area contributed by atoms with Crippen molar-refractivity contribution in [3.05, 3.63) is 26.4 Å². The first-order valence-corrected chi connectivity index (χ1v) is 8.15. The largest absolute Gasteiger partial charge is 0.296 e. The zero-order chi connectivity index (χ0) is 13.7. The molecule has 7 heteroatoms. The Morgan fingerprint density at radius 3 is 2.95 bits per heavy atom. The molecule has 0 fully saturated rings. The first-order chi connectivity index (χ1) is 9.20. The van der Waals surface area contributed by atoms with Crippen molar-refractivity contribution in [2.75, 3.05) is 5.32 Å². The Morgan fingerprint density at radius 1 is 1.42 bits per heavy atom. The smallest absolute Gasteiger partial charge is 0.269 e. The highest BCUT2D eigenvalue weighted by Gasteiger charge is 2.14. The van der Waals surface area contributed by atoms with E-state index in [2.05, 4.69) is 22.4 Å². The Hall–Kier alpha value is -0.980. The molecule has 19 heavy (non-hydrogen) atoms. The summed E-state index contributed by atoms with van der Waals surface area (Å²) in [7, 11) is 0. The molecule has 4 nitrogen and oxygen atoms in total. The summed E-state index contributed by atoms with van der Waals surface area (Å²) < 4.78 is 0. The molecule has 0 aliphatic carbocycles. The Bertz CT molecular complexity index is 553. The van der Waals surface area contributed by atoms with Gasteiger partial charge in [0.15, 0.2) is 0 Å². The monoisotopic (exact) mass is 315 g/mol. The van der Waals surface area contributed by atoms with Crippen molar-refractivity contribution >= 4 is 45.3 Å². The van der Waals surface area contributed by atoms with E-state index >= 15 is 0 Å². The van der Waals surface area contributed by atoms with Gasteiger partial charge in [-0.15, -0.1) is 21.5 Å². The van der Waals surface area contributed by atoms with E-state index < -0.39 is 0 Å². The van der Waals surface area contributed by atoms with Gasteiger partial charge in [0.25, 0.3) is 5.91 Å². The van der Waals surface area contributed by atoms with Crippen LogP contribution in [0.5, 0.6) is 0 Å². The van der Waals surface area contributed by atoms with Gasteiger partial charge in [-0.3, -0.25) is 10.1 Å². The zero-order valence-corrected chi connectivity index (χ0v) is 12.9. The van der Waals surface area contributed by atoms with Gasteiger partial charge in [-0.05, 0) is 17.9 Å². The predicted molar refractivity (Wildman–Crippen MR) is 80.4 cm³/mol. The van der Waals surface area contributed by atoms with Crippen LogP contribution in [0.1, 0.15) is 40.9 Å². The number of aryl methyl sites for hydroxylation is 1. The molecule has 0 saturated heterocycles. The molecule has 0 radical (unpaired) electrons. The maximum Gasteiger partial charge on any atom is 0.269 e. The number of hydrogen-bond donors (Lipinski definition) is 1. The van der Waals surface area contributed by atoms with Crippen molar-refractivity contribution in [3.8, 4) is 0 Å². The predicted octanol–water partition coefficient (Wildman–Crippen LogP) is 4.24. The number of aromatic nitrogens is 2. The molecular weight excluding hydrogens is 302 g/mol. The third-order valence-electron chi connectivity index (χ3n) is 2.50. The fourth-order valence-electron chi connectivity index (χ4n) is 1.54. The summed E-state index contributed by atoms with van der Waals surface area (Å²) in [6.45, 7) is 2.16. The highest BCUT2D eigenvalue weighted by Crippen LogP contribution is 2.24. The van der Waals surface area contributed by atoms with Gasteiger partial charge in [0.05, 0.1) is 5.02 Å². The Morgan fingerprint density at radius 2 is 2.26 bits per heavy atom. The van der Waals surface area contributed by atoms with Crippen LogP contribution in [0.2, 0.25) is 5.02 Å². The SMILES string of the molecule is CCCCCc1nnc(NC(=O)c2sccc2Cl)s1. The van der Waals surface area contributed by atoms with Gasteiger partial charge in [-0.2, -0.15) is 0 Å². The Kier molecular flexibility index (Phi) is 5.30. The lowest BCUT2D eigenvalue weighted by atomic mass is 10.2. The Balaban J connectivity index is 1.93. The summed E-state index contributed by atoms with van der Waals surface area (Å²) in [6.07, 6.45) is 4.39. The van der Waals surface area contributed by atoms with Crippen molar-refractivity contribution in [1.29, 1.82) is 0 Å². The van der Waals surface area contributed by atoms with Crippen LogP contribution in [-0.4, -0.2) is 16.1 Å². The fourth-order valence-corrected chi connectivity index (χ4v) is 3.35. The van der Waals surface area contributed by atoms with Crippen molar-refractivity contribution in [2.45, 2.75) is 32.6 Å². The third-order valence-corrected chi connectivity index (χ3v) is 4.74. The first-order valence-electron chi connectivity index (χ1n) is 6.07. The minimum Gasteiger partial charge on any atom is -0.296 e. The van der Waals surface area contributed by atoms with E-state index in [1.54, 1.807) is 11.4 Å². The summed E-state index contributed by atoms with van der Waals surface area (Å²) in [5.41, 5.74) is 0. The summed E-state index contributed by atoms with van der Waals surface area (Å²) in [6, 6.07) is 1.71. The van der Waals surface area contributed by atoms with Crippen molar-refractivity contribution in [1.82, 2.24) is 10.2 Å². The van der Waals surface area contributed by atoms with E-state index in [9.17, 15) is 4.79 Å². The number of unbranched alkanes of at least 4 members (excludes halogenated alkanes) is 2. The normalized spacial score (nSPS) is 10.6. The van der Waals surface area contributed by atoms with Gasteiger partial charge < -0.3 is 0 Å². The molecule has 0 aromatic carbocycles. The molecule has 0 spiro atoms. The quantitative estimate of drug-likeness (QED) is 0.811. The summed E-state index contributed by atoms with van der Waals surface area (Å²) in [5.74, 6) is -0.226. The number of anilines is 1. The number of nitrogens with one attached hydrogen (secondary N) is 1. The van der Waals surface area contributed by atoms with Gasteiger partial charge in [-0.25, -0.2) is 0 Å². The van der Waals surface area contributed by atoms with Crippen molar-refractivity contribution in [2.24, 2.45) is 0 Å². The molecule has 102 valence electrons. The molecule has 0 aliphatic heterocycles. The van der Waals surface area contributed by atoms with Crippen molar-refractivity contribution in [3.63, 3.8) is 0 Å². The van der Waals surface area contributed by atoms with Gasteiger partial charge in [0.1, 0.15) is 9.88 Å². The van der Waals surface area contributed by atoms with E-state index in [4.69, 9.17) is 11.6 Å². The molecule has 0 unspecified atom stereocenters. The van der Waals surface area contributed by atoms with Gasteiger partial charge in [0, 0.05) is 6.42 Å². The van der Waals surface area contributed by atoms with Crippen LogP contribution in [0.25, 0.3) is 0 Å². The van der Waals surface area contributed by atoms with Crippen LogP contribution in [0, 0.1) is 0 Å². The van der Waals surface area contributed by atoms with Crippen LogP contribution in [-0.2, 0) is 6.42 Å². The number of rotatable bonds is 6. The second-order valence-electron chi connectivity index (χ2n) is 4.01. The van der Waals surface area contributed by atoms with E-state index in [0.717, 1.165) is 17.8 Å². The highest BCUT2D eigenvalue weighted by atomic mass is 35.5. The van der Waals surface area contributed by atoms with Gasteiger partial charge in [-0.1, -0.05) is 42.7 Å². The average molecular weight is 316 g/mol. The first kappa shape index (κ1) is 14.4. The maximum atomic E-state index is 11.9. The molecule has 0 atom stereocenters. The van der Waals surface area contributed by atoms with Crippen LogP contribution < -0.4 is 5.32 Å². The molecule has 2 aromatic rings. The van der Waals surface area contributed by atoms with E-state index in [1.165, 1.54) is 35.5 Å². The highest BCUT2D eigenvalue weighted by molar-refractivity contribution is 7.15. The molecule has 2 rings (SSSR count). The number of amides is 1. The summed E-state index contributed by atoms with van der Waals surface area (Å²) in [5, 5.41) is 14.5. The minimum absolute atomic E-state index is 0.226. The van der Waals surface area contributed by atoms with Crippen molar-refractivity contribution < 1.29 is 4.79 Å². The molecular formula is C12H14ClN3OS2. The van der Waals surface area contributed by atoms with Crippen LogP contribution >= 0.6 is 34.3 Å². The fraction of sp³-hybridized carbons (Fsp3) is 0.417. The summed E-state index contributed by atoms with van der Waals surface area (Å²) >= 11 is 8.64. The molecule has 1 amide bonds. The minimum atomic E-state index is -0.226. The lowest BCUT2D eigenvalue weighted by Gasteiger charge is -1.98. The van der Waals surface area contributed by atoms with Gasteiger partial charge >= 0.3 is 0 Å². The molecule has 0 aliphatic rings. The maximum absolute atomic E-state index is 11.9. The zero-order valence-electron chi connectivity index (χ0n) is 10.5. The number of halogens is 1. The van der Waals surface area contributed by atoms with Crippen LogP contribution in [0.3, 0.4) is 0 Å². The lowest BCUT2D eigenvalue weighted by molar-refractivity contribution is 0.103. The second-order valence-corrected chi connectivity index (χ2v) is 6.40. The molecule has 1 N–H and O–H groups in total. The van der Waals surface area contributed by atoms with Crippen LogP contribution in [0.15, 0.2) is 11.4 Å². The van der Waals surface area contributed by atoms with Gasteiger partial charge in [0.2, 0.25) is 5.13 Å². The number of nitrogens with zero attached hydrogens (tertiary/aromatic N) is 2. The molecule has 0 saturated carbocycles. The van der Waals surface area contributed by atoms with Crippen LogP contribution in [0.4, 0.5) is 5.13 Å². The van der Waals surface area contributed by atoms with E-state index in [0.29, 0.717) is 15.0 Å². The van der Waals surface area contributed by atoms with E-state index in [1.807, 2.05) is 0 Å². The lowest BCUT2D eigenvalue weighted by Crippen LogP contribution is -2.10.